The molecule has 0 saturated carbocycles. The monoisotopic (exact) mass is 431 g/mol. The van der Waals surface area contributed by atoms with Crippen molar-refractivity contribution in [2.45, 2.75) is 46.2 Å². The van der Waals surface area contributed by atoms with Crippen LogP contribution in [-0.2, 0) is 0 Å². The summed E-state index contributed by atoms with van der Waals surface area (Å²) in [5.74, 6) is 2.21. The van der Waals surface area contributed by atoms with Gasteiger partial charge in [0, 0.05) is 43.2 Å². The van der Waals surface area contributed by atoms with Gasteiger partial charge in [-0.3, -0.25) is 0 Å². The second kappa shape index (κ2) is 7.45. The van der Waals surface area contributed by atoms with Crippen molar-refractivity contribution in [1.29, 1.82) is 0 Å². The summed E-state index contributed by atoms with van der Waals surface area (Å²) >= 11 is 0. The number of hydrogen-bond acceptors (Lipinski definition) is 7. The highest BCUT2D eigenvalue weighted by molar-refractivity contribution is 5.86. The number of nitrogens with one attached hydrogen (secondary N) is 1. The lowest BCUT2D eigenvalue weighted by molar-refractivity contribution is 0.334. The Bertz CT molecular complexity index is 1310. The van der Waals surface area contributed by atoms with Crippen LogP contribution in [0.15, 0.2) is 40.8 Å². The number of aromatic hydroxyl groups is 1. The molecule has 1 aromatic carbocycles. The molecule has 7 heteroatoms. The van der Waals surface area contributed by atoms with Crippen LogP contribution in [0.3, 0.4) is 0 Å². The number of phenolic OH excluding ortho intramolecular Hbond substituents is 1. The summed E-state index contributed by atoms with van der Waals surface area (Å²) in [4.78, 5) is 16.2. The first-order valence-electron chi connectivity index (χ1n) is 11.1. The largest absolute Gasteiger partial charge is 0.507 e. The highest BCUT2D eigenvalue weighted by Gasteiger charge is 2.32. The van der Waals surface area contributed by atoms with Gasteiger partial charge in [-0.1, -0.05) is 6.92 Å². The fourth-order valence-corrected chi connectivity index (χ4v) is 4.51. The summed E-state index contributed by atoms with van der Waals surface area (Å²) in [6, 6.07) is 11.7. The first-order chi connectivity index (χ1) is 15.2. The summed E-state index contributed by atoms with van der Waals surface area (Å²) in [6.45, 7) is 12.6. The molecule has 1 fully saturated rings. The standard InChI is InChI=1S/C25H29N5O2/c1-14-12-30(13-21(14)29-25(3,4)5)24-9-8-18-19(28-24)7-6-17(27-18)16-10-23-20(11-22(16)31)26-15(2)32-23/h6-11,14,21,29,31H,12-13H2,1-5H3/t14-,21+/m1/s1. The Hall–Kier alpha value is -3.19. The minimum absolute atomic E-state index is 0.0883. The van der Waals surface area contributed by atoms with Gasteiger partial charge in [-0.25, -0.2) is 15.0 Å². The first-order valence-corrected chi connectivity index (χ1v) is 11.1. The molecule has 0 amide bonds. The molecule has 2 N–H and O–H groups in total. The highest BCUT2D eigenvalue weighted by atomic mass is 16.3. The van der Waals surface area contributed by atoms with Crippen molar-refractivity contribution in [3.05, 3.63) is 42.3 Å². The van der Waals surface area contributed by atoms with E-state index in [0.717, 1.165) is 29.9 Å². The van der Waals surface area contributed by atoms with Gasteiger partial charge in [0.05, 0.1) is 16.7 Å². The molecule has 0 bridgehead atoms. The third-order valence-electron chi connectivity index (χ3n) is 5.97. The van der Waals surface area contributed by atoms with E-state index in [2.05, 4.69) is 42.9 Å². The lowest BCUT2D eigenvalue weighted by Gasteiger charge is -2.28. The Morgan fingerprint density at radius 3 is 2.53 bits per heavy atom. The predicted molar refractivity (Wildman–Crippen MR) is 127 cm³/mol. The maximum absolute atomic E-state index is 10.5. The third kappa shape index (κ3) is 3.88. The molecule has 1 saturated heterocycles. The zero-order valence-electron chi connectivity index (χ0n) is 19.2. The van der Waals surface area contributed by atoms with Gasteiger partial charge >= 0.3 is 0 Å². The number of anilines is 1. The summed E-state index contributed by atoms with van der Waals surface area (Å²) in [5, 5.41) is 14.2. The fraction of sp³-hybridized carbons (Fsp3) is 0.400. The minimum Gasteiger partial charge on any atom is -0.507 e. The van der Waals surface area contributed by atoms with E-state index in [4.69, 9.17) is 14.4 Å². The van der Waals surface area contributed by atoms with E-state index >= 15 is 0 Å². The number of nitrogens with zero attached hydrogens (tertiary/aromatic N) is 4. The summed E-state index contributed by atoms with van der Waals surface area (Å²) in [6.07, 6.45) is 0. The number of phenols is 1. The van der Waals surface area contributed by atoms with Crippen molar-refractivity contribution in [3.63, 3.8) is 0 Å². The second-order valence-corrected chi connectivity index (χ2v) is 9.86. The third-order valence-corrected chi connectivity index (χ3v) is 5.97. The molecule has 1 aliphatic rings. The van der Waals surface area contributed by atoms with E-state index < -0.39 is 0 Å². The zero-order chi connectivity index (χ0) is 22.6. The van der Waals surface area contributed by atoms with Gasteiger partial charge < -0.3 is 19.7 Å². The Kier molecular flexibility index (Phi) is 4.82. The molecular formula is C25H29N5O2. The number of oxazole rings is 1. The van der Waals surface area contributed by atoms with Crippen LogP contribution < -0.4 is 10.2 Å². The van der Waals surface area contributed by atoms with E-state index in [9.17, 15) is 5.11 Å². The lowest BCUT2D eigenvalue weighted by atomic mass is 10.0. The molecule has 2 atom stereocenters. The fourth-order valence-electron chi connectivity index (χ4n) is 4.51. The molecule has 0 aliphatic carbocycles. The van der Waals surface area contributed by atoms with Crippen LogP contribution in [0.4, 0.5) is 5.82 Å². The average molecular weight is 432 g/mol. The van der Waals surface area contributed by atoms with Crippen LogP contribution in [-0.4, -0.2) is 44.7 Å². The van der Waals surface area contributed by atoms with Crippen LogP contribution in [0.1, 0.15) is 33.6 Å². The maximum atomic E-state index is 10.5. The molecule has 7 nitrogen and oxygen atoms in total. The molecule has 166 valence electrons. The predicted octanol–water partition coefficient (Wildman–Crippen LogP) is 4.66. The highest BCUT2D eigenvalue weighted by Crippen LogP contribution is 2.34. The van der Waals surface area contributed by atoms with Crippen molar-refractivity contribution >= 4 is 28.0 Å². The molecular weight excluding hydrogens is 402 g/mol. The first kappa shape index (κ1) is 20.7. The van der Waals surface area contributed by atoms with Crippen LogP contribution >= 0.6 is 0 Å². The van der Waals surface area contributed by atoms with Crippen molar-refractivity contribution in [2.24, 2.45) is 5.92 Å². The van der Waals surface area contributed by atoms with Crippen molar-refractivity contribution in [2.75, 3.05) is 18.0 Å². The minimum atomic E-state index is 0.0883. The normalized spacial score (nSPS) is 19.3. The number of aryl methyl sites for hydroxylation is 1. The van der Waals surface area contributed by atoms with Crippen molar-refractivity contribution < 1.29 is 9.52 Å². The van der Waals surface area contributed by atoms with Gasteiger partial charge in [0.15, 0.2) is 11.5 Å². The molecule has 4 aromatic rings. The molecule has 0 radical (unpaired) electrons. The Morgan fingerprint density at radius 1 is 1.00 bits per heavy atom. The Morgan fingerprint density at radius 2 is 1.75 bits per heavy atom. The number of benzene rings is 1. The number of hydrogen-bond donors (Lipinski definition) is 2. The topological polar surface area (TPSA) is 87.3 Å². The van der Waals surface area contributed by atoms with Gasteiger partial charge in [0.25, 0.3) is 0 Å². The molecule has 1 aliphatic heterocycles. The smallest absolute Gasteiger partial charge is 0.192 e. The summed E-state index contributed by atoms with van der Waals surface area (Å²) < 4.78 is 5.62. The molecule has 0 spiro atoms. The van der Waals surface area contributed by atoms with Gasteiger partial charge in [-0.15, -0.1) is 0 Å². The van der Waals surface area contributed by atoms with Gasteiger partial charge in [0.1, 0.15) is 17.1 Å². The van der Waals surface area contributed by atoms with Crippen molar-refractivity contribution in [1.82, 2.24) is 20.3 Å². The van der Waals surface area contributed by atoms with Crippen molar-refractivity contribution in [3.8, 4) is 17.0 Å². The van der Waals surface area contributed by atoms with Crippen LogP contribution in [0.25, 0.3) is 33.4 Å². The van der Waals surface area contributed by atoms with E-state index in [-0.39, 0.29) is 11.3 Å². The molecule has 0 unspecified atom stereocenters. The van der Waals surface area contributed by atoms with Crippen LogP contribution in [0, 0.1) is 12.8 Å². The van der Waals surface area contributed by atoms with Gasteiger partial charge in [-0.05, 0) is 57.0 Å². The van der Waals surface area contributed by atoms with Crippen LogP contribution in [0.2, 0.25) is 0 Å². The van der Waals surface area contributed by atoms with Gasteiger partial charge in [0.2, 0.25) is 0 Å². The quantitative estimate of drug-likeness (QED) is 0.488. The Labute approximate surface area is 187 Å². The lowest BCUT2D eigenvalue weighted by Crippen LogP contribution is -2.47. The average Bonchev–Trinajstić information content (AvgIpc) is 3.26. The number of fused-ring (bicyclic) bond motifs is 2. The SMILES string of the molecule is Cc1nc2cc(O)c(-c3ccc4nc(N5C[C@@H](C)[C@@H](NC(C)(C)C)C5)ccc4n3)cc2o1. The summed E-state index contributed by atoms with van der Waals surface area (Å²) in [5.41, 5.74) is 4.26. The summed E-state index contributed by atoms with van der Waals surface area (Å²) in [7, 11) is 0. The second-order valence-electron chi connectivity index (χ2n) is 9.86. The van der Waals surface area contributed by atoms with Crippen LogP contribution in [0.5, 0.6) is 5.75 Å². The Balaban J connectivity index is 1.44. The molecule has 4 heterocycles. The van der Waals surface area contributed by atoms with E-state index in [1.807, 2.05) is 24.3 Å². The van der Waals surface area contributed by atoms with Gasteiger partial charge in [-0.2, -0.15) is 0 Å². The zero-order valence-corrected chi connectivity index (χ0v) is 19.2. The maximum Gasteiger partial charge on any atom is 0.192 e. The number of rotatable bonds is 3. The molecule has 3 aromatic heterocycles. The molecule has 32 heavy (non-hydrogen) atoms. The van der Waals surface area contributed by atoms with E-state index in [1.54, 1.807) is 19.1 Å². The molecule has 5 rings (SSSR count). The van der Waals surface area contributed by atoms with E-state index in [1.165, 1.54) is 0 Å². The van der Waals surface area contributed by atoms with E-state index in [0.29, 0.717) is 40.2 Å². The number of aromatic nitrogens is 3. The number of pyridine rings is 2.